The maximum absolute atomic E-state index is 12.4. The highest BCUT2D eigenvalue weighted by molar-refractivity contribution is 9.10. The summed E-state index contributed by atoms with van der Waals surface area (Å²) in [4.78, 5) is 28.5. The van der Waals surface area contributed by atoms with Crippen molar-refractivity contribution in [3.8, 4) is 11.5 Å². The Hall–Kier alpha value is -3.40. The number of carbonyl (C=O) groups is 2. The topological polar surface area (TPSA) is 107 Å². The van der Waals surface area contributed by atoms with Crippen molar-refractivity contribution in [2.75, 3.05) is 23.8 Å². The van der Waals surface area contributed by atoms with E-state index in [4.69, 9.17) is 9.47 Å². The predicted octanol–water partition coefficient (Wildman–Crippen LogP) is 3.70. The largest absolute Gasteiger partial charge is 0.490 e. The second-order valence-electron chi connectivity index (χ2n) is 7.23. The molecule has 32 heavy (non-hydrogen) atoms. The van der Waals surface area contributed by atoms with Gasteiger partial charge in [-0.1, -0.05) is 22.0 Å². The van der Waals surface area contributed by atoms with E-state index in [9.17, 15) is 9.59 Å². The number of hydrogen-bond donors (Lipinski definition) is 2. The molecule has 2 amide bonds. The Morgan fingerprint density at radius 3 is 2.88 bits per heavy atom. The van der Waals surface area contributed by atoms with E-state index in [2.05, 4.69) is 36.6 Å². The number of anilines is 2. The number of hydrogen-bond acceptors (Lipinski definition) is 6. The molecule has 1 aliphatic heterocycles. The minimum absolute atomic E-state index is 0.131. The molecule has 3 aromatic rings. The van der Waals surface area contributed by atoms with Crippen molar-refractivity contribution in [3.05, 3.63) is 58.3 Å². The van der Waals surface area contributed by atoms with E-state index in [0.717, 1.165) is 21.3 Å². The second kappa shape index (κ2) is 9.39. The minimum Gasteiger partial charge on any atom is -0.490 e. The van der Waals surface area contributed by atoms with E-state index in [1.807, 2.05) is 44.2 Å². The lowest BCUT2D eigenvalue weighted by Gasteiger charge is -2.24. The van der Waals surface area contributed by atoms with Crippen LogP contribution in [0.5, 0.6) is 11.5 Å². The summed E-state index contributed by atoms with van der Waals surface area (Å²) in [5.74, 6) is 0.930. The normalized spacial score (nSPS) is 15.0. The number of fused-ring (bicyclic) bond motifs is 1. The molecule has 1 aromatic heterocycles. The molecule has 0 spiro atoms. The van der Waals surface area contributed by atoms with Crippen molar-refractivity contribution in [1.29, 1.82) is 0 Å². The van der Waals surface area contributed by atoms with Gasteiger partial charge in [0.25, 0.3) is 5.91 Å². The fourth-order valence-corrected chi connectivity index (χ4v) is 3.96. The van der Waals surface area contributed by atoms with Crippen molar-refractivity contribution in [1.82, 2.24) is 14.8 Å². The first-order valence-corrected chi connectivity index (χ1v) is 10.9. The summed E-state index contributed by atoms with van der Waals surface area (Å²) in [6.07, 6.45) is 1.64. The van der Waals surface area contributed by atoms with Crippen LogP contribution in [-0.4, -0.2) is 39.8 Å². The molecule has 0 aliphatic carbocycles. The highest BCUT2D eigenvalue weighted by Crippen LogP contribution is 2.35. The molecule has 0 radical (unpaired) electrons. The van der Waals surface area contributed by atoms with Crippen LogP contribution >= 0.6 is 15.9 Å². The fourth-order valence-electron chi connectivity index (χ4n) is 3.48. The lowest BCUT2D eigenvalue weighted by molar-refractivity contribution is -0.118. The molecule has 4 rings (SSSR count). The molecule has 0 saturated heterocycles. The Bertz CT molecular complexity index is 1160. The zero-order chi connectivity index (χ0) is 22.7. The summed E-state index contributed by atoms with van der Waals surface area (Å²) < 4.78 is 14.1. The fraction of sp³-hybridized carbons (Fsp3) is 0.273. The van der Waals surface area contributed by atoms with Crippen molar-refractivity contribution < 1.29 is 19.1 Å². The smallest absolute Gasteiger partial charge is 0.262 e. The van der Waals surface area contributed by atoms with Gasteiger partial charge in [0.2, 0.25) is 11.9 Å². The van der Waals surface area contributed by atoms with Gasteiger partial charge in [-0.05, 0) is 55.3 Å². The molecule has 10 heteroatoms. The third-order valence-electron chi connectivity index (χ3n) is 4.97. The van der Waals surface area contributed by atoms with Crippen molar-refractivity contribution >= 4 is 39.4 Å². The number of rotatable bonds is 7. The van der Waals surface area contributed by atoms with Gasteiger partial charge in [-0.3, -0.25) is 14.9 Å². The molecule has 1 atom stereocenters. The molecule has 166 valence electrons. The van der Waals surface area contributed by atoms with Crippen LogP contribution in [0.2, 0.25) is 0 Å². The van der Waals surface area contributed by atoms with E-state index < -0.39 is 0 Å². The zero-order valence-electron chi connectivity index (χ0n) is 17.6. The Kier molecular flexibility index (Phi) is 6.40. The van der Waals surface area contributed by atoms with Crippen LogP contribution < -0.4 is 20.1 Å². The minimum atomic E-state index is -0.307. The molecule has 2 N–H and O–H groups in total. The van der Waals surface area contributed by atoms with Crippen LogP contribution in [0.25, 0.3) is 0 Å². The SMILES string of the molecule is CCOc1cc([C@@H]2CC(=O)Nc3ncnn32)ccc1OCC(=O)Nc1ccc(Br)cc1C. The van der Waals surface area contributed by atoms with Crippen LogP contribution in [0.4, 0.5) is 11.6 Å². The van der Waals surface area contributed by atoms with Crippen LogP contribution in [0, 0.1) is 6.92 Å². The third kappa shape index (κ3) is 4.75. The average molecular weight is 500 g/mol. The molecular weight excluding hydrogens is 478 g/mol. The van der Waals surface area contributed by atoms with Crippen LogP contribution in [0.1, 0.15) is 30.5 Å². The number of nitrogens with one attached hydrogen (secondary N) is 2. The van der Waals surface area contributed by atoms with Crippen LogP contribution in [-0.2, 0) is 9.59 Å². The summed E-state index contributed by atoms with van der Waals surface area (Å²) in [6.45, 7) is 4.03. The van der Waals surface area contributed by atoms with Gasteiger partial charge in [-0.15, -0.1) is 0 Å². The van der Waals surface area contributed by atoms with Gasteiger partial charge >= 0.3 is 0 Å². The van der Waals surface area contributed by atoms with Crippen LogP contribution in [0.3, 0.4) is 0 Å². The molecule has 9 nitrogen and oxygen atoms in total. The zero-order valence-corrected chi connectivity index (χ0v) is 19.2. The summed E-state index contributed by atoms with van der Waals surface area (Å²) in [6, 6.07) is 10.7. The first kappa shape index (κ1) is 21.8. The van der Waals surface area contributed by atoms with E-state index in [-0.39, 0.29) is 30.9 Å². The van der Waals surface area contributed by atoms with Gasteiger partial charge in [0.1, 0.15) is 6.33 Å². The Morgan fingerprint density at radius 2 is 2.09 bits per heavy atom. The maximum Gasteiger partial charge on any atom is 0.262 e. The highest BCUT2D eigenvalue weighted by atomic mass is 79.9. The summed E-state index contributed by atoms with van der Waals surface area (Å²) in [5, 5.41) is 9.77. The first-order chi connectivity index (χ1) is 15.4. The number of halogens is 1. The number of carbonyl (C=O) groups excluding carboxylic acids is 2. The summed E-state index contributed by atoms with van der Waals surface area (Å²) >= 11 is 3.41. The Labute approximate surface area is 193 Å². The molecule has 0 unspecified atom stereocenters. The van der Waals surface area contributed by atoms with Crippen molar-refractivity contribution in [2.24, 2.45) is 0 Å². The number of amides is 2. The monoisotopic (exact) mass is 499 g/mol. The Balaban J connectivity index is 1.49. The standard InChI is InChI=1S/C22H22BrN5O4/c1-3-31-19-9-14(17-10-20(29)27-22-24-12-25-28(17)22)4-7-18(19)32-11-21(30)26-16-6-5-15(23)8-13(16)2/h4-9,12,17H,3,10-11H2,1-2H3,(H,26,30)(H,24,25,27,29)/t17-/m0/s1. The van der Waals surface area contributed by atoms with Gasteiger partial charge in [0.05, 0.1) is 19.1 Å². The van der Waals surface area contributed by atoms with Crippen molar-refractivity contribution in [2.45, 2.75) is 26.3 Å². The number of nitrogens with zero attached hydrogens (tertiary/aromatic N) is 3. The third-order valence-corrected chi connectivity index (χ3v) is 5.47. The van der Waals surface area contributed by atoms with Crippen LogP contribution in [0.15, 0.2) is 47.2 Å². The predicted molar refractivity (Wildman–Crippen MR) is 122 cm³/mol. The highest BCUT2D eigenvalue weighted by Gasteiger charge is 2.28. The number of benzene rings is 2. The summed E-state index contributed by atoms with van der Waals surface area (Å²) in [7, 11) is 0. The van der Waals surface area contributed by atoms with E-state index in [1.54, 1.807) is 10.7 Å². The molecule has 0 fully saturated rings. The molecule has 2 heterocycles. The lowest BCUT2D eigenvalue weighted by Crippen LogP contribution is -2.29. The van der Waals surface area contributed by atoms with Gasteiger partial charge in [0, 0.05) is 10.2 Å². The van der Waals surface area contributed by atoms with Gasteiger partial charge in [-0.2, -0.15) is 10.1 Å². The first-order valence-electron chi connectivity index (χ1n) is 10.1. The lowest BCUT2D eigenvalue weighted by atomic mass is 10.0. The Morgan fingerprint density at radius 1 is 1.25 bits per heavy atom. The molecule has 0 bridgehead atoms. The quantitative estimate of drug-likeness (QED) is 0.513. The van der Waals surface area contributed by atoms with E-state index in [0.29, 0.717) is 24.1 Å². The maximum atomic E-state index is 12.4. The molecular formula is C22H22BrN5O4. The number of aromatic nitrogens is 3. The van der Waals surface area contributed by atoms with E-state index in [1.165, 1.54) is 6.33 Å². The van der Waals surface area contributed by atoms with Gasteiger partial charge in [0.15, 0.2) is 18.1 Å². The van der Waals surface area contributed by atoms with E-state index >= 15 is 0 Å². The van der Waals surface area contributed by atoms with Gasteiger partial charge in [-0.25, -0.2) is 4.68 Å². The summed E-state index contributed by atoms with van der Waals surface area (Å²) in [5.41, 5.74) is 2.50. The molecule has 1 aliphatic rings. The molecule has 2 aromatic carbocycles. The van der Waals surface area contributed by atoms with Crippen molar-refractivity contribution in [3.63, 3.8) is 0 Å². The second-order valence-corrected chi connectivity index (χ2v) is 8.15. The number of aryl methyl sites for hydroxylation is 1. The molecule has 0 saturated carbocycles. The van der Waals surface area contributed by atoms with Gasteiger partial charge < -0.3 is 14.8 Å². The average Bonchev–Trinajstić information content (AvgIpc) is 3.23. The number of ether oxygens (including phenoxy) is 2.